The molecule has 2 aromatic heterocycles. The van der Waals surface area contributed by atoms with Crippen LogP contribution >= 0.6 is 0 Å². The van der Waals surface area contributed by atoms with E-state index < -0.39 is 11.2 Å². The summed E-state index contributed by atoms with van der Waals surface area (Å²) in [6.07, 6.45) is 2.11. The van der Waals surface area contributed by atoms with Gasteiger partial charge in [0.15, 0.2) is 0 Å². The van der Waals surface area contributed by atoms with Crippen LogP contribution in [0.3, 0.4) is 0 Å². The quantitative estimate of drug-likeness (QED) is 0.623. The Morgan fingerprint density at radius 2 is 1.93 bits per heavy atom. The molecule has 0 bridgehead atoms. The minimum Gasteiger partial charge on any atom is -0.497 e. The second-order valence-electron chi connectivity index (χ2n) is 7.47. The van der Waals surface area contributed by atoms with E-state index in [2.05, 4.69) is 15.3 Å². The molecule has 0 saturated heterocycles. The largest absolute Gasteiger partial charge is 0.497 e. The van der Waals surface area contributed by atoms with Gasteiger partial charge in [0, 0.05) is 12.7 Å². The van der Waals surface area contributed by atoms with Crippen LogP contribution in [0.15, 0.2) is 46.1 Å². The van der Waals surface area contributed by atoms with Gasteiger partial charge in [-0.25, -0.2) is 9.78 Å². The maximum Gasteiger partial charge on any atom is 0.329 e. The molecular formula is C22H26N4O4. The number of aryl methyl sites for hydroxylation is 1. The molecule has 0 aliphatic heterocycles. The van der Waals surface area contributed by atoms with E-state index in [1.54, 1.807) is 7.11 Å². The topological polar surface area (TPSA) is 106 Å². The number of aromatic amines is 1. The van der Waals surface area contributed by atoms with Crippen LogP contribution in [-0.2, 0) is 6.54 Å². The fourth-order valence-corrected chi connectivity index (χ4v) is 3.39. The second kappa shape index (κ2) is 8.94. The first-order valence-electron chi connectivity index (χ1n) is 9.93. The zero-order chi connectivity index (χ0) is 21.8. The van der Waals surface area contributed by atoms with Crippen LogP contribution < -0.4 is 21.3 Å². The summed E-state index contributed by atoms with van der Waals surface area (Å²) in [6, 6.07) is 8.77. The molecule has 0 saturated carbocycles. The van der Waals surface area contributed by atoms with Crippen molar-refractivity contribution in [1.29, 1.82) is 0 Å². The van der Waals surface area contributed by atoms with Gasteiger partial charge in [0.1, 0.15) is 11.4 Å². The van der Waals surface area contributed by atoms with E-state index >= 15 is 0 Å². The third-order valence-electron chi connectivity index (χ3n) is 4.97. The molecule has 2 heterocycles. The summed E-state index contributed by atoms with van der Waals surface area (Å²) in [5, 5.41) is 3.23. The lowest BCUT2D eigenvalue weighted by molar-refractivity contribution is 0.0925. The van der Waals surface area contributed by atoms with Crippen molar-refractivity contribution in [3.8, 4) is 5.75 Å². The predicted molar refractivity (Wildman–Crippen MR) is 115 cm³/mol. The Bertz CT molecular complexity index is 1160. The Hall–Kier alpha value is -3.42. The molecule has 1 aromatic carbocycles. The van der Waals surface area contributed by atoms with E-state index in [-0.39, 0.29) is 34.5 Å². The summed E-state index contributed by atoms with van der Waals surface area (Å²) in [5.74, 6) is 0.532. The van der Waals surface area contributed by atoms with E-state index in [4.69, 9.17) is 4.74 Å². The van der Waals surface area contributed by atoms with Crippen molar-refractivity contribution in [3.05, 3.63) is 68.5 Å². The molecule has 0 aliphatic rings. The van der Waals surface area contributed by atoms with Crippen molar-refractivity contribution < 1.29 is 9.53 Å². The van der Waals surface area contributed by atoms with Crippen LogP contribution in [0.25, 0.3) is 11.0 Å². The van der Waals surface area contributed by atoms with Gasteiger partial charge in [-0.3, -0.25) is 19.1 Å². The number of amides is 1. The maximum atomic E-state index is 12.9. The van der Waals surface area contributed by atoms with Gasteiger partial charge in [-0.1, -0.05) is 32.9 Å². The summed E-state index contributed by atoms with van der Waals surface area (Å²) >= 11 is 0. The third-order valence-corrected chi connectivity index (χ3v) is 4.97. The summed E-state index contributed by atoms with van der Waals surface area (Å²) in [7, 11) is 1.60. The van der Waals surface area contributed by atoms with Crippen molar-refractivity contribution in [2.75, 3.05) is 7.11 Å². The summed E-state index contributed by atoms with van der Waals surface area (Å²) in [5.41, 5.74) is 0.424. The van der Waals surface area contributed by atoms with E-state index in [1.165, 1.54) is 16.8 Å². The van der Waals surface area contributed by atoms with Gasteiger partial charge < -0.3 is 10.1 Å². The van der Waals surface area contributed by atoms with Gasteiger partial charge in [-0.15, -0.1) is 0 Å². The number of ether oxygens (including phenoxy) is 1. The maximum absolute atomic E-state index is 12.9. The zero-order valence-electron chi connectivity index (χ0n) is 17.6. The van der Waals surface area contributed by atoms with Crippen LogP contribution in [0.5, 0.6) is 5.75 Å². The second-order valence-corrected chi connectivity index (χ2v) is 7.47. The normalized spacial score (nSPS) is 12.2. The number of H-pyrrole nitrogens is 1. The Labute approximate surface area is 173 Å². The van der Waals surface area contributed by atoms with Gasteiger partial charge in [0.2, 0.25) is 0 Å². The average molecular weight is 410 g/mol. The molecule has 0 fully saturated rings. The molecular weight excluding hydrogens is 384 g/mol. The number of rotatable bonds is 7. The lowest BCUT2D eigenvalue weighted by atomic mass is 9.95. The van der Waals surface area contributed by atoms with Crippen LogP contribution in [0.2, 0.25) is 0 Å². The molecule has 8 heteroatoms. The highest BCUT2D eigenvalue weighted by atomic mass is 16.5. The van der Waals surface area contributed by atoms with E-state index in [0.29, 0.717) is 13.0 Å². The fraction of sp³-hybridized carbons (Fsp3) is 0.364. The molecule has 8 nitrogen and oxygen atoms in total. The van der Waals surface area contributed by atoms with Crippen molar-refractivity contribution in [1.82, 2.24) is 19.9 Å². The Morgan fingerprint density at radius 3 is 2.53 bits per heavy atom. The molecule has 1 amide bonds. The highest BCUT2D eigenvalue weighted by molar-refractivity contribution is 5.97. The molecule has 3 aromatic rings. The number of nitrogens with one attached hydrogen (secondary N) is 2. The number of nitrogens with zero attached hydrogens (tertiary/aromatic N) is 2. The number of pyridine rings is 1. The molecule has 3 rings (SSSR count). The first-order chi connectivity index (χ1) is 14.3. The molecule has 1 unspecified atom stereocenters. The lowest BCUT2D eigenvalue weighted by Crippen LogP contribution is -2.33. The molecule has 0 aliphatic carbocycles. The van der Waals surface area contributed by atoms with Gasteiger partial charge in [-0.2, -0.15) is 0 Å². The Kier molecular flexibility index (Phi) is 6.34. The highest BCUT2D eigenvalue weighted by Crippen LogP contribution is 2.24. The van der Waals surface area contributed by atoms with Gasteiger partial charge in [-0.05, 0) is 36.1 Å². The number of hydrogen-bond acceptors (Lipinski definition) is 5. The van der Waals surface area contributed by atoms with Crippen molar-refractivity contribution >= 4 is 16.9 Å². The number of fused-ring (bicyclic) bond motifs is 1. The van der Waals surface area contributed by atoms with Crippen LogP contribution in [0.4, 0.5) is 0 Å². The third kappa shape index (κ3) is 4.27. The van der Waals surface area contributed by atoms with Gasteiger partial charge in [0.05, 0.1) is 24.1 Å². The van der Waals surface area contributed by atoms with Gasteiger partial charge in [0.25, 0.3) is 11.5 Å². The highest BCUT2D eigenvalue weighted by Gasteiger charge is 2.20. The van der Waals surface area contributed by atoms with E-state index in [9.17, 15) is 14.4 Å². The summed E-state index contributed by atoms with van der Waals surface area (Å²) < 4.78 is 6.60. The number of hydrogen-bond donors (Lipinski definition) is 2. The van der Waals surface area contributed by atoms with Crippen molar-refractivity contribution in [3.63, 3.8) is 0 Å². The summed E-state index contributed by atoms with van der Waals surface area (Å²) in [4.78, 5) is 43.8. The first-order valence-corrected chi connectivity index (χ1v) is 9.93. The van der Waals surface area contributed by atoms with E-state index in [0.717, 1.165) is 11.3 Å². The smallest absolute Gasteiger partial charge is 0.329 e. The number of aromatic nitrogens is 3. The molecule has 1 atom stereocenters. The number of carbonyl (C=O) groups excluding carboxylic acids is 1. The first kappa shape index (κ1) is 21.3. The number of carbonyl (C=O) groups is 1. The molecule has 0 spiro atoms. The monoisotopic (exact) mass is 410 g/mol. The van der Waals surface area contributed by atoms with Crippen molar-refractivity contribution in [2.45, 2.75) is 39.8 Å². The summed E-state index contributed by atoms with van der Waals surface area (Å²) in [6.45, 7) is 6.39. The molecule has 0 radical (unpaired) electrons. The molecule has 158 valence electrons. The Morgan fingerprint density at radius 1 is 1.23 bits per heavy atom. The predicted octanol–water partition coefficient (Wildman–Crippen LogP) is 2.63. The standard InChI is InChI=1S/C22H26N4O4/c1-5-10-26-19-17(21(28)25-22(26)29)11-15(12-23-19)20(27)24-18(13(2)3)14-6-8-16(30-4)9-7-14/h6-9,11-13,18H,5,10H2,1-4H3,(H,24,27)(H,25,28,29). The average Bonchev–Trinajstić information content (AvgIpc) is 2.74. The SMILES string of the molecule is CCCn1c(=O)[nH]c(=O)c2cc(C(=O)NC(c3ccc(OC)cc3)C(C)C)cnc21. The fourth-order valence-electron chi connectivity index (χ4n) is 3.39. The lowest BCUT2D eigenvalue weighted by Gasteiger charge is -2.23. The number of methoxy groups -OCH3 is 1. The van der Waals surface area contributed by atoms with Crippen LogP contribution in [0, 0.1) is 5.92 Å². The van der Waals surface area contributed by atoms with Gasteiger partial charge >= 0.3 is 5.69 Å². The van der Waals surface area contributed by atoms with Crippen LogP contribution in [-0.4, -0.2) is 27.6 Å². The molecule has 2 N–H and O–H groups in total. The molecule has 30 heavy (non-hydrogen) atoms. The van der Waals surface area contributed by atoms with Crippen molar-refractivity contribution in [2.24, 2.45) is 5.92 Å². The van der Waals surface area contributed by atoms with E-state index in [1.807, 2.05) is 45.0 Å². The van der Waals surface area contributed by atoms with Crippen LogP contribution in [0.1, 0.15) is 49.2 Å². The Balaban J connectivity index is 1.95. The minimum absolute atomic E-state index is 0.133. The zero-order valence-corrected chi connectivity index (χ0v) is 17.6. The number of benzene rings is 1. The minimum atomic E-state index is -0.555.